The molecule has 0 aliphatic carbocycles. The number of carboxylic acids is 1. The topological polar surface area (TPSA) is 64.2 Å². The van der Waals surface area contributed by atoms with Crippen molar-refractivity contribution in [1.82, 2.24) is 9.36 Å². The van der Waals surface area contributed by atoms with E-state index in [9.17, 15) is 14.7 Å². The van der Waals surface area contributed by atoms with Crippen LogP contribution < -0.4 is 5.56 Å². The largest absolute Gasteiger partial charge is 0.478 e. The Morgan fingerprint density at radius 1 is 1.04 bits per heavy atom. The summed E-state index contributed by atoms with van der Waals surface area (Å²) >= 11 is 0. The van der Waals surface area contributed by atoms with Crippen molar-refractivity contribution in [1.29, 1.82) is 0 Å². The van der Waals surface area contributed by atoms with Crippen LogP contribution in [0.2, 0.25) is 0 Å². The van der Waals surface area contributed by atoms with Gasteiger partial charge in [0, 0.05) is 18.3 Å². The molecule has 1 N–H and O–H groups in total. The second-order valence-electron chi connectivity index (χ2n) is 6.71. The molecular formula is C22H24N2O3. The van der Waals surface area contributed by atoms with E-state index in [1.165, 1.54) is 0 Å². The third-order valence-electron chi connectivity index (χ3n) is 4.76. The van der Waals surface area contributed by atoms with Gasteiger partial charge >= 0.3 is 5.97 Å². The second-order valence-corrected chi connectivity index (χ2v) is 6.71. The van der Waals surface area contributed by atoms with E-state index in [0.717, 1.165) is 29.7 Å². The zero-order chi connectivity index (χ0) is 19.4. The highest BCUT2D eigenvalue weighted by molar-refractivity contribution is 5.95. The van der Waals surface area contributed by atoms with E-state index in [4.69, 9.17) is 0 Å². The van der Waals surface area contributed by atoms with Crippen molar-refractivity contribution >= 4 is 5.97 Å². The number of carbonyl (C=O) groups is 1. The first-order valence-electron chi connectivity index (χ1n) is 9.20. The number of aromatic nitrogens is 2. The summed E-state index contributed by atoms with van der Waals surface area (Å²) in [5, 5.41) is 9.37. The molecular weight excluding hydrogens is 340 g/mol. The normalized spacial score (nSPS) is 10.9. The number of hydrogen-bond donors (Lipinski definition) is 1. The molecule has 0 amide bonds. The van der Waals surface area contributed by atoms with Crippen LogP contribution >= 0.6 is 0 Å². The lowest BCUT2D eigenvalue weighted by Crippen LogP contribution is -2.23. The molecule has 0 spiro atoms. The van der Waals surface area contributed by atoms with Gasteiger partial charge < -0.3 is 5.11 Å². The summed E-state index contributed by atoms with van der Waals surface area (Å²) in [6.45, 7) is 5.38. The lowest BCUT2D eigenvalue weighted by Gasteiger charge is -2.14. The van der Waals surface area contributed by atoms with Crippen LogP contribution in [0.25, 0.3) is 11.1 Å². The van der Waals surface area contributed by atoms with Crippen LogP contribution in [0.4, 0.5) is 0 Å². The van der Waals surface area contributed by atoms with Crippen molar-refractivity contribution < 1.29 is 9.90 Å². The van der Waals surface area contributed by atoms with Crippen LogP contribution in [0.5, 0.6) is 0 Å². The number of aryl methyl sites for hydroxylation is 1. The zero-order valence-corrected chi connectivity index (χ0v) is 15.7. The average Bonchev–Trinajstić information content (AvgIpc) is 2.93. The number of carboxylic acid groups (broad SMARTS) is 1. The van der Waals surface area contributed by atoms with Crippen LogP contribution in [-0.2, 0) is 13.1 Å². The summed E-state index contributed by atoms with van der Waals surface area (Å²) in [6.07, 6.45) is 2.00. The summed E-state index contributed by atoms with van der Waals surface area (Å²) in [7, 11) is 0. The van der Waals surface area contributed by atoms with Crippen molar-refractivity contribution in [3.63, 3.8) is 0 Å². The molecule has 0 aliphatic rings. The molecule has 1 heterocycles. The predicted octanol–water partition coefficient (Wildman–Crippen LogP) is 4.17. The monoisotopic (exact) mass is 364 g/mol. The number of benzene rings is 2. The third-order valence-corrected chi connectivity index (χ3v) is 4.76. The molecule has 3 rings (SSSR count). The zero-order valence-electron chi connectivity index (χ0n) is 15.7. The Morgan fingerprint density at radius 3 is 2.41 bits per heavy atom. The van der Waals surface area contributed by atoms with Gasteiger partial charge in [-0.05, 0) is 36.1 Å². The summed E-state index contributed by atoms with van der Waals surface area (Å²) in [5.41, 5.74) is 3.90. The van der Waals surface area contributed by atoms with Gasteiger partial charge in [0.15, 0.2) is 0 Å². The fourth-order valence-electron chi connectivity index (χ4n) is 3.27. The molecule has 2 aromatic carbocycles. The molecule has 0 radical (unpaired) electrons. The van der Waals surface area contributed by atoms with E-state index in [2.05, 4.69) is 6.92 Å². The van der Waals surface area contributed by atoms with Crippen LogP contribution in [0.3, 0.4) is 0 Å². The van der Waals surface area contributed by atoms with Crippen LogP contribution in [0.1, 0.15) is 41.4 Å². The van der Waals surface area contributed by atoms with E-state index in [0.29, 0.717) is 24.2 Å². The highest BCUT2D eigenvalue weighted by Gasteiger charge is 2.12. The minimum atomic E-state index is -0.933. The molecule has 0 atom stereocenters. The fraction of sp³-hybridized carbons (Fsp3) is 0.273. The summed E-state index contributed by atoms with van der Waals surface area (Å²) < 4.78 is 3.81. The molecule has 1 aromatic heterocycles. The van der Waals surface area contributed by atoms with Crippen LogP contribution in [0.15, 0.2) is 59.4 Å². The molecule has 5 nitrogen and oxygen atoms in total. The number of unbranched alkanes of at least 4 members (excludes halogenated alkanes) is 1. The van der Waals surface area contributed by atoms with Crippen LogP contribution in [0, 0.1) is 6.92 Å². The quantitative estimate of drug-likeness (QED) is 0.684. The minimum Gasteiger partial charge on any atom is -0.478 e. The predicted molar refractivity (Wildman–Crippen MR) is 106 cm³/mol. The first-order chi connectivity index (χ1) is 13.0. The summed E-state index contributed by atoms with van der Waals surface area (Å²) in [6, 6.07) is 16.5. The maximum Gasteiger partial charge on any atom is 0.336 e. The van der Waals surface area contributed by atoms with Gasteiger partial charge in [0.2, 0.25) is 0 Å². The van der Waals surface area contributed by atoms with Gasteiger partial charge in [-0.1, -0.05) is 55.8 Å². The number of hydrogen-bond acceptors (Lipinski definition) is 2. The maximum atomic E-state index is 12.2. The molecule has 0 fully saturated rings. The number of nitrogens with zero attached hydrogens (tertiary/aromatic N) is 2. The SMILES string of the molecule is CCCCn1c(=O)cc(C)n1Cc1ccc(-c2ccccc2C(=O)O)cc1. The molecule has 0 saturated heterocycles. The Kier molecular flexibility index (Phi) is 5.60. The second kappa shape index (κ2) is 8.08. The highest BCUT2D eigenvalue weighted by atomic mass is 16.4. The molecule has 0 saturated carbocycles. The highest BCUT2D eigenvalue weighted by Crippen LogP contribution is 2.24. The van der Waals surface area contributed by atoms with E-state index < -0.39 is 5.97 Å². The van der Waals surface area contributed by atoms with Crippen molar-refractivity contribution in [2.24, 2.45) is 0 Å². The van der Waals surface area contributed by atoms with Crippen molar-refractivity contribution in [3.05, 3.63) is 81.8 Å². The smallest absolute Gasteiger partial charge is 0.336 e. The Morgan fingerprint density at radius 2 is 1.74 bits per heavy atom. The standard InChI is InChI=1S/C22H24N2O3/c1-3-4-13-23-21(25)14-16(2)24(23)15-17-9-11-18(12-10-17)19-7-5-6-8-20(19)22(26)27/h5-12,14H,3-4,13,15H2,1-2H3,(H,26,27). The molecule has 0 aliphatic heterocycles. The van der Waals surface area contributed by atoms with E-state index >= 15 is 0 Å². The molecule has 3 aromatic rings. The molecule has 0 bridgehead atoms. The Bertz CT molecular complexity index is 997. The minimum absolute atomic E-state index is 0.0351. The third kappa shape index (κ3) is 4.03. The Labute approximate surface area is 158 Å². The van der Waals surface area contributed by atoms with Gasteiger partial charge in [0.05, 0.1) is 12.1 Å². The molecule has 5 heteroatoms. The van der Waals surface area contributed by atoms with Gasteiger partial charge in [-0.15, -0.1) is 0 Å². The van der Waals surface area contributed by atoms with Gasteiger partial charge in [0.25, 0.3) is 5.56 Å². The van der Waals surface area contributed by atoms with E-state index in [1.54, 1.807) is 22.9 Å². The van der Waals surface area contributed by atoms with Crippen molar-refractivity contribution in [3.8, 4) is 11.1 Å². The lowest BCUT2D eigenvalue weighted by molar-refractivity contribution is 0.0697. The first-order valence-corrected chi connectivity index (χ1v) is 9.20. The fourth-order valence-corrected chi connectivity index (χ4v) is 3.27. The van der Waals surface area contributed by atoms with Gasteiger partial charge in [-0.2, -0.15) is 0 Å². The van der Waals surface area contributed by atoms with Crippen molar-refractivity contribution in [2.45, 2.75) is 39.8 Å². The van der Waals surface area contributed by atoms with Gasteiger partial charge in [0.1, 0.15) is 0 Å². The first kappa shape index (κ1) is 18.7. The average molecular weight is 364 g/mol. The number of aromatic carboxylic acids is 1. The summed E-state index contributed by atoms with van der Waals surface area (Å²) in [4.78, 5) is 23.6. The van der Waals surface area contributed by atoms with E-state index in [-0.39, 0.29) is 5.56 Å². The molecule has 0 unspecified atom stereocenters. The molecule has 27 heavy (non-hydrogen) atoms. The summed E-state index contributed by atoms with van der Waals surface area (Å²) in [5.74, 6) is -0.933. The van der Waals surface area contributed by atoms with Crippen LogP contribution in [-0.4, -0.2) is 20.4 Å². The Balaban J connectivity index is 1.88. The molecule has 140 valence electrons. The van der Waals surface area contributed by atoms with Gasteiger partial charge in [-0.3, -0.25) is 14.2 Å². The maximum absolute atomic E-state index is 12.2. The van der Waals surface area contributed by atoms with E-state index in [1.807, 2.05) is 48.0 Å². The lowest BCUT2D eigenvalue weighted by atomic mass is 9.99. The Hall–Kier alpha value is -3.08. The number of rotatable bonds is 7. The van der Waals surface area contributed by atoms with Gasteiger partial charge in [-0.25, -0.2) is 4.79 Å². The van der Waals surface area contributed by atoms with Crippen molar-refractivity contribution in [2.75, 3.05) is 0 Å².